The van der Waals surface area contributed by atoms with E-state index in [0.717, 1.165) is 41.8 Å². The molecule has 4 aliphatic carbocycles. The van der Waals surface area contributed by atoms with Gasteiger partial charge in [0.2, 0.25) is 0 Å². The SMILES string of the molecule is O=C([O-])/C=C/C(=O)O.OC(CC[NH2+]C12CC3CC(CC(C3)C1)C2)(c1ccsc1)c1ccsc1. The molecule has 0 unspecified atom stereocenters. The van der Waals surface area contributed by atoms with Gasteiger partial charge in [0.05, 0.1) is 18.1 Å². The van der Waals surface area contributed by atoms with Crippen molar-refractivity contribution < 1.29 is 30.2 Å². The number of aliphatic carboxylic acids is 2. The Bertz CT molecular complexity index is 882. The van der Waals surface area contributed by atoms with Gasteiger partial charge >= 0.3 is 5.97 Å². The van der Waals surface area contributed by atoms with Gasteiger partial charge in [-0.15, -0.1) is 0 Å². The first kappa shape index (κ1) is 24.1. The maximum atomic E-state index is 11.5. The lowest BCUT2D eigenvalue weighted by Gasteiger charge is -2.55. The van der Waals surface area contributed by atoms with E-state index in [1.54, 1.807) is 22.7 Å². The van der Waals surface area contributed by atoms with Crippen LogP contribution >= 0.6 is 22.7 Å². The highest BCUT2D eigenvalue weighted by atomic mass is 32.1. The monoisotopic (exact) mass is 489 g/mol. The molecule has 4 bridgehead atoms. The van der Waals surface area contributed by atoms with Gasteiger partial charge in [-0.3, -0.25) is 0 Å². The summed E-state index contributed by atoms with van der Waals surface area (Å²) in [6.07, 6.45) is 10.5. The fraction of sp³-hybridized carbons (Fsp3) is 0.520. The molecule has 4 fully saturated rings. The highest BCUT2D eigenvalue weighted by Crippen LogP contribution is 2.54. The van der Waals surface area contributed by atoms with Crippen LogP contribution in [0.2, 0.25) is 0 Å². The number of thiophene rings is 2. The first-order chi connectivity index (χ1) is 15.8. The van der Waals surface area contributed by atoms with Crippen LogP contribution in [0.5, 0.6) is 0 Å². The van der Waals surface area contributed by atoms with E-state index in [4.69, 9.17) is 5.11 Å². The Morgan fingerprint density at radius 2 is 1.55 bits per heavy atom. The van der Waals surface area contributed by atoms with E-state index in [9.17, 15) is 19.8 Å². The normalized spacial score (nSPS) is 28.0. The number of hydrogen-bond donors (Lipinski definition) is 3. The zero-order chi connectivity index (χ0) is 23.5. The highest BCUT2D eigenvalue weighted by Gasteiger charge is 2.53. The van der Waals surface area contributed by atoms with Gasteiger partial charge in [0.1, 0.15) is 5.60 Å². The van der Waals surface area contributed by atoms with Crippen LogP contribution in [-0.4, -0.2) is 34.2 Å². The van der Waals surface area contributed by atoms with E-state index in [1.165, 1.54) is 38.5 Å². The van der Waals surface area contributed by atoms with E-state index in [0.29, 0.717) is 17.7 Å². The van der Waals surface area contributed by atoms with E-state index >= 15 is 0 Å². The summed E-state index contributed by atoms with van der Waals surface area (Å²) in [5, 5.41) is 39.8. The molecule has 33 heavy (non-hydrogen) atoms. The molecule has 178 valence electrons. The zero-order valence-electron chi connectivity index (χ0n) is 18.5. The second-order valence-corrected chi connectivity index (χ2v) is 11.5. The van der Waals surface area contributed by atoms with E-state index in [1.807, 2.05) is 0 Å². The predicted octanol–water partition coefficient (Wildman–Crippen LogP) is 2.34. The van der Waals surface area contributed by atoms with Gasteiger partial charge in [0, 0.05) is 31.8 Å². The Labute approximate surface area is 202 Å². The van der Waals surface area contributed by atoms with Crippen LogP contribution in [0.1, 0.15) is 56.1 Å². The molecule has 2 aromatic rings. The van der Waals surface area contributed by atoms with Gasteiger partial charge in [-0.1, -0.05) is 0 Å². The summed E-state index contributed by atoms with van der Waals surface area (Å²) in [5.41, 5.74) is 1.81. The Balaban J connectivity index is 0.000000281. The minimum absolute atomic E-state index is 0.447. The van der Waals surface area contributed by atoms with Crippen LogP contribution in [0, 0.1) is 17.8 Å². The molecule has 0 aliphatic heterocycles. The van der Waals surface area contributed by atoms with Crippen molar-refractivity contribution in [2.75, 3.05) is 6.54 Å². The fourth-order valence-electron chi connectivity index (χ4n) is 6.61. The summed E-state index contributed by atoms with van der Waals surface area (Å²) in [4.78, 5) is 19.0. The van der Waals surface area contributed by atoms with Gasteiger partial charge in [-0.05, 0) is 87.9 Å². The molecule has 0 spiro atoms. The van der Waals surface area contributed by atoms with E-state index < -0.39 is 17.5 Å². The molecule has 2 heterocycles. The van der Waals surface area contributed by atoms with Gasteiger partial charge in [-0.25, -0.2) is 4.79 Å². The number of carbonyl (C=O) groups excluding carboxylic acids is 1. The molecular weight excluding hydrogens is 458 g/mol. The summed E-state index contributed by atoms with van der Waals surface area (Å²) in [6, 6.07) is 4.18. The lowest BCUT2D eigenvalue weighted by Crippen LogP contribution is -2.99. The maximum Gasteiger partial charge on any atom is 0.328 e. The molecular formula is C25H31NO5S2. The standard InChI is InChI=1S/C21H27NOS2.C4H4O4/c23-21(18-1-5-24-13-18,19-2-6-25-14-19)3-4-22-20-10-15-7-16(11-20)9-17(8-15)12-20;5-3(6)1-2-4(7)8/h1-2,5-6,13-17,22-23H,3-4,7-12H2;1-2H,(H,5,6)(H,7,8)/b;2-1+. The van der Waals surface area contributed by atoms with Crippen molar-refractivity contribution in [1.82, 2.24) is 0 Å². The molecule has 2 aromatic heterocycles. The minimum Gasteiger partial charge on any atom is -0.545 e. The predicted molar refractivity (Wildman–Crippen MR) is 126 cm³/mol. The third-order valence-corrected chi connectivity index (χ3v) is 8.90. The maximum absolute atomic E-state index is 11.5. The van der Waals surface area contributed by atoms with Crippen LogP contribution < -0.4 is 10.4 Å². The molecule has 6 nitrogen and oxygen atoms in total. The molecule has 6 rings (SSSR count). The van der Waals surface area contributed by atoms with Gasteiger partial charge < -0.3 is 25.4 Å². The number of carbonyl (C=O) groups is 2. The Kier molecular flexibility index (Phi) is 7.38. The largest absolute Gasteiger partial charge is 0.545 e. The molecule has 8 heteroatoms. The Morgan fingerprint density at radius 3 is 1.91 bits per heavy atom. The number of aliphatic hydroxyl groups is 1. The summed E-state index contributed by atoms with van der Waals surface area (Å²) in [7, 11) is 0. The number of rotatable bonds is 8. The van der Waals surface area contributed by atoms with E-state index in [2.05, 4.69) is 39.0 Å². The highest BCUT2D eigenvalue weighted by molar-refractivity contribution is 7.08. The second-order valence-electron chi connectivity index (χ2n) is 9.90. The smallest absolute Gasteiger partial charge is 0.328 e. The number of carboxylic acid groups (broad SMARTS) is 2. The van der Waals surface area contributed by atoms with Crippen molar-refractivity contribution in [3.8, 4) is 0 Å². The topological polar surface area (TPSA) is 114 Å². The molecule has 4 saturated carbocycles. The first-order valence-electron chi connectivity index (χ1n) is 11.5. The van der Waals surface area contributed by atoms with Gasteiger partial charge in [0.25, 0.3) is 0 Å². The summed E-state index contributed by atoms with van der Waals surface area (Å²) in [6.45, 7) is 1.02. The van der Waals surface area contributed by atoms with Crippen LogP contribution in [0.15, 0.2) is 45.8 Å². The molecule has 4 N–H and O–H groups in total. The van der Waals surface area contributed by atoms with Crippen molar-refractivity contribution >= 4 is 34.6 Å². The van der Waals surface area contributed by atoms with Crippen LogP contribution in [-0.2, 0) is 15.2 Å². The lowest BCUT2D eigenvalue weighted by molar-refractivity contribution is -0.740. The van der Waals surface area contributed by atoms with E-state index in [-0.39, 0.29) is 0 Å². The van der Waals surface area contributed by atoms with Crippen molar-refractivity contribution in [3.63, 3.8) is 0 Å². The van der Waals surface area contributed by atoms with Crippen molar-refractivity contribution in [3.05, 3.63) is 56.9 Å². The quantitative estimate of drug-likeness (QED) is 0.493. The zero-order valence-corrected chi connectivity index (χ0v) is 20.2. The summed E-state index contributed by atoms with van der Waals surface area (Å²) >= 11 is 3.36. The number of nitrogens with two attached hydrogens (primary N) is 1. The average Bonchev–Trinajstić information content (AvgIpc) is 3.46. The number of carboxylic acids is 2. The third-order valence-electron chi connectivity index (χ3n) is 7.53. The molecule has 0 aromatic carbocycles. The first-order valence-corrected chi connectivity index (χ1v) is 13.4. The van der Waals surface area contributed by atoms with Crippen molar-refractivity contribution in [1.29, 1.82) is 0 Å². The van der Waals surface area contributed by atoms with Crippen LogP contribution in [0.25, 0.3) is 0 Å². The van der Waals surface area contributed by atoms with Crippen molar-refractivity contribution in [2.45, 2.75) is 56.1 Å². The molecule has 0 saturated heterocycles. The third kappa shape index (κ3) is 5.74. The fourth-order valence-corrected chi connectivity index (χ4v) is 8.06. The van der Waals surface area contributed by atoms with Crippen molar-refractivity contribution in [2.24, 2.45) is 17.8 Å². The average molecular weight is 490 g/mol. The second kappa shape index (κ2) is 10.1. The molecule has 4 aliphatic rings. The number of hydrogen-bond acceptors (Lipinski definition) is 6. The molecule has 0 amide bonds. The van der Waals surface area contributed by atoms with Crippen LogP contribution in [0.3, 0.4) is 0 Å². The molecule has 0 radical (unpaired) electrons. The van der Waals surface area contributed by atoms with Gasteiger partial charge in [-0.2, -0.15) is 22.7 Å². The van der Waals surface area contributed by atoms with Gasteiger partial charge in [0.15, 0.2) is 0 Å². The minimum atomic E-state index is -1.51. The summed E-state index contributed by atoms with van der Waals surface area (Å²) < 4.78 is 0. The molecule has 0 atom stereocenters. The Hall–Kier alpha value is -2.00. The number of quaternary nitrogens is 1. The summed E-state index contributed by atoms with van der Waals surface area (Å²) in [5.74, 6) is 0.182. The lowest BCUT2D eigenvalue weighted by atomic mass is 9.53. The van der Waals surface area contributed by atoms with Crippen LogP contribution in [0.4, 0.5) is 0 Å². The Morgan fingerprint density at radius 1 is 1.03 bits per heavy atom.